The molecular weight excluding hydrogens is 764 g/mol. The van der Waals surface area contributed by atoms with Crippen LogP contribution < -0.4 is 0 Å². The van der Waals surface area contributed by atoms with E-state index in [2.05, 4.69) is 24.3 Å². The molecule has 2 aromatic rings. The molecule has 2 aromatic carbocycles. The second kappa shape index (κ2) is 22.3. The number of benzene rings is 2. The van der Waals surface area contributed by atoms with E-state index in [0.717, 1.165) is 56.1 Å². The van der Waals surface area contributed by atoms with Crippen molar-refractivity contribution < 1.29 is 66.3 Å². The van der Waals surface area contributed by atoms with Crippen molar-refractivity contribution in [2.24, 2.45) is 11.8 Å². The van der Waals surface area contributed by atoms with E-state index in [-0.39, 0.29) is 72.9 Å². The van der Waals surface area contributed by atoms with Crippen LogP contribution in [-0.2, 0) is 79.5 Å². The fourth-order valence-electron chi connectivity index (χ4n) is 9.67. The van der Waals surface area contributed by atoms with E-state index >= 15 is 0 Å². The molecule has 14 atom stereocenters. The predicted octanol–water partition coefficient (Wildman–Crippen LogP) is 5.18. The summed E-state index contributed by atoms with van der Waals surface area (Å²) in [6, 6.07) is 20.5. The first kappa shape index (κ1) is 43.5. The highest BCUT2D eigenvalue weighted by atomic mass is 16.9. The lowest BCUT2D eigenvalue weighted by Crippen LogP contribution is -2.74. The summed E-state index contributed by atoms with van der Waals surface area (Å²) in [5.74, 6) is 0.262. The van der Waals surface area contributed by atoms with Crippen LogP contribution in [0.5, 0.6) is 0 Å². The number of hydrogen-bond donors (Lipinski definition) is 0. The summed E-state index contributed by atoms with van der Waals surface area (Å²) in [5.41, 5.74) is 2.24. The van der Waals surface area contributed by atoms with Gasteiger partial charge in [-0.25, -0.2) is 0 Å². The van der Waals surface area contributed by atoms with E-state index in [0.29, 0.717) is 66.1 Å². The average molecular weight is 829 g/mol. The molecule has 8 fully saturated rings. The van der Waals surface area contributed by atoms with Crippen LogP contribution in [0.3, 0.4) is 0 Å². The molecular formula is C45H64O14. The van der Waals surface area contributed by atoms with E-state index in [1.807, 2.05) is 36.4 Å². The topological polar surface area (TPSA) is 129 Å². The summed E-state index contributed by atoms with van der Waals surface area (Å²) in [6.07, 6.45) is 5.24. The first-order valence-corrected chi connectivity index (χ1v) is 21.8. The quantitative estimate of drug-likeness (QED) is 0.105. The van der Waals surface area contributed by atoms with Crippen molar-refractivity contribution in [1.29, 1.82) is 0 Å². The third-order valence-corrected chi connectivity index (χ3v) is 12.5. The molecule has 12 unspecified atom stereocenters. The lowest BCUT2D eigenvalue weighted by molar-refractivity contribution is -0.483. The van der Waals surface area contributed by atoms with Gasteiger partial charge >= 0.3 is 0 Å². The van der Waals surface area contributed by atoms with Crippen molar-refractivity contribution in [2.75, 3.05) is 67.1 Å². The molecule has 6 aliphatic heterocycles. The molecule has 0 radical (unpaired) electrons. The van der Waals surface area contributed by atoms with Crippen LogP contribution in [0.2, 0.25) is 0 Å². The van der Waals surface area contributed by atoms with E-state index in [1.165, 1.54) is 0 Å². The Kier molecular flexibility index (Phi) is 16.4. The Balaban J connectivity index is 0.834. The average Bonchev–Trinajstić information content (AvgIpc) is 3.26. The van der Waals surface area contributed by atoms with Crippen molar-refractivity contribution in [3.8, 4) is 0 Å². The summed E-state index contributed by atoms with van der Waals surface area (Å²) < 4.78 is 85.4. The smallest absolute Gasteiger partial charge is 0.272 e. The minimum absolute atomic E-state index is 0.113. The summed E-state index contributed by atoms with van der Waals surface area (Å²) in [7, 11) is 3.33. The molecule has 0 spiro atoms. The second-order valence-electron chi connectivity index (χ2n) is 16.3. The van der Waals surface area contributed by atoms with Crippen LogP contribution in [-0.4, -0.2) is 141 Å². The monoisotopic (exact) mass is 828 g/mol. The van der Waals surface area contributed by atoms with Gasteiger partial charge in [0.2, 0.25) is 0 Å². The highest BCUT2D eigenvalue weighted by Gasteiger charge is 2.64. The molecule has 59 heavy (non-hydrogen) atoms. The van der Waals surface area contributed by atoms with Crippen molar-refractivity contribution >= 4 is 0 Å². The predicted molar refractivity (Wildman–Crippen MR) is 211 cm³/mol. The Hall–Kier alpha value is -2.12. The van der Waals surface area contributed by atoms with Gasteiger partial charge in [-0.15, -0.1) is 0 Å². The van der Waals surface area contributed by atoms with Crippen LogP contribution in [0.4, 0.5) is 0 Å². The zero-order valence-electron chi connectivity index (χ0n) is 34.6. The van der Waals surface area contributed by atoms with Gasteiger partial charge in [0.25, 0.3) is 13.0 Å². The van der Waals surface area contributed by atoms with E-state index in [4.69, 9.17) is 66.3 Å². The maximum Gasteiger partial charge on any atom is 0.272 e. The molecule has 8 bridgehead atoms. The molecule has 6 saturated heterocycles. The Bertz CT molecular complexity index is 1390. The van der Waals surface area contributed by atoms with E-state index in [1.54, 1.807) is 14.2 Å². The minimum atomic E-state index is -0.696. The number of unbranched alkanes of at least 4 members (excludes halogenated alkanes) is 4. The summed E-state index contributed by atoms with van der Waals surface area (Å²) >= 11 is 0. The van der Waals surface area contributed by atoms with E-state index < -0.39 is 13.0 Å². The number of rotatable bonds is 28. The van der Waals surface area contributed by atoms with Crippen molar-refractivity contribution in [2.45, 2.75) is 132 Å². The maximum atomic E-state index is 6.62. The molecule has 2 saturated carbocycles. The third-order valence-electron chi connectivity index (χ3n) is 12.5. The minimum Gasteiger partial charge on any atom is -0.382 e. The Morgan fingerprint density at radius 2 is 0.746 bits per heavy atom. The van der Waals surface area contributed by atoms with Crippen molar-refractivity contribution in [3.05, 3.63) is 71.8 Å². The molecule has 14 nitrogen and oxygen atoms in total. The van der Waals surface area contributed by atoms with E-state index in [9.17, 15) is 0 Å². The van der Waals surface area contributed by atoms with Crippen LogP contribution in [0.1, 0.15) is 56.1 Å². The van der Waals surface area contributed by atoms with Crippen molar-refractivity contribution in [1.82, 2.24) is 0 Å². The van der Waals surface area contributed by atoms with Gasteiger partial charge in [-0.1, -0.05) is 92.8 Å². The van der Waals surface area contributed by atoms with Crippen molar-refractivity contribution in [3.63, 3.8) is 0 Å². The van der Waals surface area contributed by atoms with Gasteiger partial charge < -0.3 is 66.3 Å². The molecule has 10 rings (SSSR count). The molecule has 0 aromatic heterocycles. The molecule has 328 valence electrons. The van der Waals surface area contributed by atoms with Gasteiger partial charge in [-0.3, -0.25) is 0 Å². The van der Waals surface area contributed by atoms with Gasteiger partial charge in [0.1, 0.15) is 36.6 Å². The van der Waals surface area contributed by atoms with Crippen LogP contribution in [0.15, 0.2) is 60.7 Å². The van der Waals surface area contributed by atoms with Gasteiger partial charge in [0, 0.05) is 26.1 Å². The summed E-state index contributed by atoms with van der Waals surface area (Å²) in [6.45, 7) is 3.50. The van der Waals surface area contributed by atoms with Crippen LogP contribution in [0, 0.1) is 11.8 Å². The molecule has 8 aliphatic rings. The highest BCUT2D eigenvalue weighted by molar-refractivity contribution is 5.16. The standard InChI is InChI=1S/C45H64O14/c1-46-20-22-48-24-26-50-38-34-32(35-39(42(38)58-44(54-34)55-35)51-27-25-49-23-21-47-2)18-12-4-3-5-13-19-33-36-40(52-28-30-14-8-6-9-15-30)43-41(37(33)57-45(56-36)59-43)53-29-31-16-10-7-11-17-31/h6-11,14-17,32-45H,3-5,12-13,18-29H2,1-2H3/t32?,33?,34-,35?,36-,37?,38?,39?,40?,41?,42?,43?,44?,45?/m0/s1. The Morgan fingerprint density at radius 3 is 1.15 bits per heavy atom. The fraction of sp³-hybridized carbons (Fsp3) is 0.733. The summed E-state index contributed by atoms with van der Waals surface area (Å²) in [5, 5.41) is 0. The first-order valence-electron chi connectivity index (χ1n) is 21.8. The maximum absolute atomic E-state index is 6.62. The fourth-order valence-corrected chi connectivity index (χ4v) is 9.67. The molecule has 14 heteroatoms. The highest BCUT2D eigenvalue weighted by Crippen LogP contribution is 2.49. The van der Waals surface area contributed by atoms with Crippen LogP contribution >= 0.6 is 0 Å². The second-order valence-corrected chi connectivity index (χ2v) is 16.3. The zero-order valence-corrected chi connectivity index (χ0v) is 34.6. The zero-order chi connectivity index (χ0) is 40.2. The SMILES string of the molecule is COCCOCCOC1C2OC3OC1C(OCCOCCOC)[C@@H](O3)C2CCCCCCCC1C2OC3OC(C2OCc2ccccc2)C(OCc2ccccc2)[C@H]1O3. The lowest BCUT2D eigenvalue weighted by Gasteiger charge is -2.59. The Labute approximate surface area is 348 Å². The normalized spacial score (nSPS) is 35.2. The van der Waals surface area contributed by atoms with Gasteiger partial charge in [0.05, 0.1) is 90.5 Å². The third kappa shape index (κ3) is 10.9. The molecule has 2 aliphatic carbocycles. The molecule has 6 heterocycles. The summed E-state index contributed by atoms with van der Waals surface area (Å²) in [4.78, 5) is 0. The Morgan fingerprint density at radius 1 is 0.390 bits per heavy atom. The van der Waals surface area contributed by atoms with Crippen LogP contribution in [0.25, 0.3) is 0 Å². The molecule has 0 N–H and O–H groups in total. The largest absolute Gasteiger partial charge is 0.382 e. The number of hydrogen-bond acceptors (Lipinski definition) is 14. The molecule has 0 amide bonds. The number of methoxy groups -OCH3 is 2. The van der Waals surface area contributed by atoms with Gasteiger partial charge in [-0.2, -0.15) is 0 Å². The van der Waals surface area contributed by atoms with Gasteiger partial charge in [-0.05, 0) is 24.0 Å². The number of ether oxygens (including phenoxy) is 14. The first-order chi connectivity index (χ1) is 29.2. The van der Waals surface area contributed by atoms with Gasteiger partial charge in [0.15, 0.2) is 0 Å². The lowest BCUT2D eigenvalue weighted by atomic mass is 9.73.